The van der Waals surface area contributed by atoms with Crippen LogP contribution in [0.4, 0.5) is 10.2 Å². The second-order valence-corrected chi connectivity index (χ2v) is 5.52. The van der Waals surface area contributed by atoms with Crippen molar-refractivity contribution in [3.63, 3.8) is 0 Å². The van der Waals surface area contributed by atoms with Crippen molar-refractivity contribution < 1.29 is 4.39 Å². The Morgan fingerprint density at radius 1 is 1.22 bits per heavy atom. The molecule has 2 heterocycles. The molecule has 1 aromatic rings. The van der Waals surface area contributed by atoms with Gasteiger partial charge < -0.3 is 4.90 Å². The van der Waals surface area contributed by atoms with Gasteiger partial charge in [0.05, 0.1) is 5.69 Å². The van der Waals surface area contributed by atoms with Crippen LogP contribution in [-0.2, 0) is 6.42 Å². The van der Waals surface area contributed by atoms with Gasteiger partial charge in [-0.1, -0.05) is 19.8 Å². The maximum absolute atomic E-state index is 14.2. The SMILES string of the molecule is CCc1ncnc(N2CC3CCCCC3C2)c1F. The molecular weight excluding hydrogens is 229 g/mol. The van der Waals surface area contributed by atoms with Crippen molar-refractivity contribution in [2.45, 2.75) is 39.0 Å². The van der Waals surface area contributed by atoms with Crippen LogP contribution in [0.2, 0.25) is 0 Å². The molecule has 0 aromatic carbocycles. The highest BCUT2D eigenvalue weighted by molar-refractivity contribution is 5.42. The van der Waals surface area contributed by atoms with Crippen LogP contribution in [0.3, 0.4) is 0 Å². The number of anilines is 1. The first kappa shape index (κ1) is 11.9. The summed E-state index contributed by atoms with van der Waals surface area (Å²) in [7, 11) is 0. The lowest BCUT2D eigenvalue weighted by Crippen LogP contribution is -2.23. The van der Waals surface area contributed by atoms with Crippen molar-refractivity contribution in [3.05, 3.63) is 17.8 Å². The summed E-state index contributed by atoms with van der Waals surface area (Å²) in [6.07, 6.45) is 7.40. The largest absolute Gasteiger partial charge is 0.354 e. The zero-order valence-corrected chi connectivity index (χ0v) is 10.9. The lowest BCUT2D eigenvalue weighted by atomic mass is 9.82. The Morgan fingerprint density at radius 2 is 1.89 bits per heavy atom. The summed E-state index contributed by atoms with van der Waals surface area (Å²) >= 11 is 0. The van der Waals surface area contributed by atoms with E-state index in [1.807, 2.05) is 6.92 Å². The summed E-state index contributed by atoms with van der Waals surface area (Å²) in [4.78, 5) is 10.3. The van der Waals surface area contributed by atoms with Gasteiger partial charge in [0.2, 0.25) is 0 Å². The summed E-state index contributed by atoms with van der Waals surface area (Å²) in [6.45, 7) is 3.88. The molecule has 2 fully saturated rings. The van der Waals surface area contributed by atoms with E-state index in [0.29, 0.717) is 17.9 Å². The van der Waals surface area contributed by atoms with Crippen LogP contribution in [-0.4, -0.2) is 23.1 Å². The van der Waals surface area contributed by atoms with Gasteiger partial charge in [-0.3, -0.25) is 0 Å². The highest BCUT2D eigenvalue weighted by Crippen LogP contribution is 2.38. The minimum atomic E-state index is -0.210. The Bertz CT molecular complexity index is 421. The topological polar surface area (TPSA) is 29.0 Å². The standard InChI is InChI=1S/C14H20FN3/c1-2-12-13(15)14(17-9-16-12)18-7-10-5-3-4-6-11(10)8-18/h9-11H,2-8H2,1H3. The summed E-state index contributed by atoms with van der Waals surface area (Å²) in [6, 6.07) is 0. The molecule has 3 nitrogen and oxygen atoms in total. The lowest BCUT2D eigenvalue weighted by Gasteiger charge is -2.22. The third-order valence-corrected chi connectivity index (χ3v) is 4.45. The molecule has 4 heteroatoms. The number of aromatic nitrogens is 2. The molecule has 0 spiro atoms. The van der Waals surface area contributed by atoms with Crippen molar-refractivity contribution in [1.82, 2.24) is 9.97 Å². The maximum Gasteiger partial charge on any atom is 0.187 e. The molecule has 0 bridgehead atoms. The van der Waals surface area contributed by atoms with E-state index in [1.165, 1.54) is 32.0 Å². The van der Waals surface area contributed by atoms with Gasteiger partial charge in [0, 0.05) is 13.1 Å². The van der Waals surface area contributed by atoms with E-state index in [4.69, 9.17) is 0 Å². The molecule has 1 saturated carbocycles. The highest BCUT2D eigenvalue weighted by atomic mass is 19.1. The third-order valence-electron chi connectivity index (χ3n) is 4.45. The molecule has 98 valence electrons. The van der Waals surface area contributed by atoms with Gasteiger partial charge in [-0.2, -0.15) is 0 Å². The van der Waals surface area contributed by atoms with Gasteiger partial charge in [0.25, 0.3) is 0 Å². The number of hydrogen-bond donors (Lipinski definition) is 0. The molecular formula is C14H20FN3. The van der Waals surface area contributed by atoms with Gasteiger partial charge in [0.15, 0.2) is 11.6 Å². The average molecular weight is 249 g/mol. The summed E-state index contributed by atoms with van der Waals surface area (Å²) in [5.41, 5.74) is 0.537. The third kappa shape index (κ3) is 1.98. The fourth-order valence-electron chi connectivity index (χ4n) is 3.44. The number of aryl methyl sites for hydroxylation is 1. The van der Waals surface area contributed by atoms with Crippen LogP contribution in [0.1, 0.15) is 38.3 Å². The van der Waals surface area contributed by atoms with Crippen LogP contribution < -0.4 is 4.90 Å². The first-order valence-electron chi connectivity index (χ1n) is 7.04. The average Bonchev–Trinajstić information content (AvgIpc) is 2.82. The van der Waals surface area contributed by atoms with E-state index in [1.54, 1.807) is 0 Å². The second-order valence-electron chi connectivity index (χ2n) is 5.52. The first-order chi connectivity index (χ1) is 8.79. The molecule has 1 aromatic heterocycles. The second kappa shape index (κ2) is 4.82. The molecule has 0 radical (unpaired) electrons. The molecule has 2 unspecified atom stereocenters. The fraction of sp³-hybridized carbons (Fsp3) is 0.714. The molecule has 18 heavy (non-hydrogen) atoms. The Labute approximate surface area is 107 Å². The number of nitrogens with zero attached hydrogens (tertiary/aromatic N) is 3. The Morgan fingerprint density at radius 3 is 2.50 bits per heavy atom. The molecule has 1 saturated heterocycles. The van der Waals surface area contributed by atoms with Crippen LogP contribution >= 0.6 is 0 Å². The van der Waals surface area contributed by atoms with Crippen molar-refractivity contribution in [1.29, 1.82) is 0 Å². The fourth-order valence-corrected chi connectivity index (χ4v) is 3.44. The Balaban J connectivity index is 1.83. The van der Waals surface area contributed by atoms with Crippen LogP contribution in [0, 0.1) is 17.7 Å². The van der Waals surface area contributed by atoms with Crippen LogP contribution in [0.15, 0.2) is 6.33 Å². The van der Waals surface area contributed by atoms with E-state index >= 15 is 0 Å². The Kier molecular flexibility index (Phi) is 3.18. The summed E-state index contributed by atoms with van der Waals surface area (Å²) in [5, 5.41) is 0. The molecule has 1 aliphatic carbocycles. The van der Waals surface area contributed by atoms with Crippen LogP contribution in [0.5, 0.6) is 0 Å². The smallest absolute Gasteiger partial charge is 0.187 e. The van der Waals surface area contributed by atoms with E-state index in [0.717, 1.165) is 24.9 Å². The van der Waals surface area contributed by atoms with Gasteiger partial charge in [-0.25, -0.2) is 14.4 Å². The Hall–Kier alpha value is -1.19. The minimum absolute atomic E-state index is 0.210. The molecule has 3 rings (SSSR count). The van der Waals surface area contributed by atoms with E-state index in [9.17, 15) is 4.39 Å². The summed E-state index contributed by atoms with van der Waals surface area (Å²) < 4.78 is 14.2. The monoisotopic (exact) mass is 249 g/mol. The maximum atomic E-state index is 14.2. The zero-order chi connectivity index (χ0) is 12.5. The van der Waals surface area contributed by atoms with Crippen molar-refractivity contribution in [3.8, 4) is 0 Å². The lowest BCUT2D eigenvalue weighted by molar-refractivity contribution is 0.299. The van der Waals surface area contributed by atoms with Gasteiger partial charge in [-0.15, -0.1) is 0 Å². The zero-order valence-electron chi connectivity index (χ0n) is 10.9. The van der Waals surface area contributed by atoms with Gasteiger partial charge >= 0.3 is 0 Å². The van der Waals surface area contributed by atoms with Gasteiger partial charge in [-0.05, 0) is 31.1 Å². The number of halogens is 1. The van der Waals surface area contributed by atoms with E-state index in [-0.39, 0.29) is 5.82 Å². The first-order valence-corrected chi connectivity index (χ1v) is 7.04. The summed E-state index contributed by atoms with van der Waals surface area (Å²) in [5.74, 6) is 1.81. The molecule has 0 N–H and O–H groups in total. The van der Waals surface area contributed by atoms with Crippen molar-refractivity contribution in [2.75, 3.05) is 18.0 Å². The quantitative estimate of drug-likeness (QED) is 0.807. The van der Waals surface area contributed by atoms with E-state index < -0.39 is 0 Å². The predicted octanol–water partition coefficient (Wildman–Crippen LogP) is 2.80. The van der Waals surface area contributed by atoms with E-state index in [2.05, 4.69) is 14.9 Å². The molecule has 2 aliphatic rings. The van der Waals surface area contributed by atoms with Crippen molar-refractivity contribution >= 4 is 5.82 Å². The molecule has 1 aliphatic heterocycles. The minimum Gasteiger partial charge on any atom is -0.354 e. The van der Waals surface area contributed by atoms with Gasteiger partial charge in [0.1, 0.15) is 6.33 Å². The number of rotatable bonds is 2. The molecule has 2 atom stereocenters. The predicted molar refractivity (Wildman–Crippen MR) is 69.0 cm³/mol. The normalized spacial score (nSPS) is 27.3. The van der Waals surface area contributed by atoms with Crippen molar-refractivity contribution in [2.24, 2.45) is 11.8 Å². The van der Waals surface area contributed by atoms with Crippen LogP contribution in [0.25, 0.3) is 0 Å². The highest BCUT2D eigenvalue weighted by Gasteiger charge is 2.36. The molecule has 0 amide bonds. The number of hydrogen-bond acceptors (Lipinski definition) is 3. The number of fused-ring (bicyclic) bond motifs is 1.